The maximum absolute atomic E-state index is 5.69. The quantitative estimate of drug-likeness (QED) is 0.0752. The predicted octanol–water partition coefficient (Wildman–Crippen LogP) is 23.3. The molecule has 0 bridgehead atoms. The van der Waals surface area contributed by atoms with Crippen molar-refractivity contribution in [2.75, 3.05) is 0 Å². The van der Waals surface area contributed by atoms with Gasteiger partial charge in [-0.1, -0.05) is 328 Å². The van der Waals surface area contributed by atoms with Gasteiger partial charge in [0, 0.05) is 31.5 Å². The van der Waals surface area contributed by atoms with Crippen LogP contribution in [-0.2, 0) is 21.0 Å². The molecule has 0 heterocycles. The third kappa shape index (κ3) is 21.5. The maximum atomic E-state index is 5.69. The van der Waals surface area contributed by atoms with Crippen LogP contribution in [0, 0.1) is 0 Å². The van der Waals surface area contributed by atoms with Crippen LogP contribution >= 0.6 is 144 Å². The van der Waals surface area contributed by atoms with E-state index in [4.69, 9.17) is 73.3 Å². The van der Waals surface area contributed by atoms with E-state index in [-0.39, 0.29) is 9.49 Å². The fraction of sp³-hybridized carbons (Fsp3) is 0.167. The molecule has 0 aliphatic rings. The molecule has 2 unspecified atom stereocenters. The third-order valence-electron chi connectivity index (χ3n) is 13.2. The minimum atomic E-state index is -0.109. The highest BCUT2D eigenvalue weighted by molar-refractivity contribution is 8.25. The first-order chi connectivity index (χ1) is 40.5. The molecule has 2 atom stereocenters. The molecule has 0 fully saturated rings. The van der Waals surface area contributed by atoms with Crippen LogP contribution in [0.15, 0.2) is 255 Å². The van der Waals surface area contributed by atoms with Crippen LogP contribution in [0.5, 0.6) is 0 Å². The Morgan fingerprint density at radius 1 is 0.298 bits per heavy atom. The van der Waals surface area contributed by atoms with Crippen molar-refractivity contribution in [2.24, 2.45) is 0 Å². The number of thioether (sulfide) groups is 6. The third-order valence-corrected chi connectivity index (χ3v) is 22.9. The van der Waals surface area contributed by atoms with Gasteiger partial charge in [0.25, 0.3) is 0 Å². The molecule has 0 aromatic heterocycles. The molecule has 12 heteroatoms. The van der Waals surface area contributed by atoms with E-state index in [2.05, 4.69) is 187 Å². The van der Waals surface area contributed by atoms with E-state index in [1.807, 2.05) is 109 Å². The van der Waals surface area contributed by atoms with E-state index in [9.17, 15) is 0 Å². The molecule has 0 saturated carbocycles. The van der Waals surface area contributed by atoms with Crippen LogP contribution in [0.4, 0.5) is 0 Å². The predicted molar refractivity (Wildman–Crippen MR) is 404 cm³/mol. The lowest BCUT2D eigenvalue weighted by atomic mass is 9.96. The normalized spacial score (nSPS) is 11.8. The van der Waals surface area contributed by atoms with E-state index in [0.29, 0.717) is 10.5 Å². The number of benzene rings is 9. The van der Waals surface area contributed by atoms with Gasteiger partial charge in [0.15, 0.2) is 0 Å². The molecule has 0 nitrogen and oxygen atoms in total. The van der Waals surface area contributed by atoms with Gasteiger partial charge in [-0.3, -0.25) is 0 Å². The Hall–Kier alpha value is -4.38. The summed E-state index contributed by atoms with van der Waals surface area (Å²) in [5, 5.41) is 0.630. The highest BCUT2D eigenvalue weighted by atomic mass is 32.2. The summed E-state index contributed by atoms with van der Waals surface area (Å²) >= 11 is 44.0. The fourth-order valence-corrected chi connectivity index (χ4v) is 16.8. The Bertz CT molecular complexity index is 3300. The molecule has 426 valence electrons. The number of rotatable bonds is 18. The van der Waals surface area contributed by atoms with E-state index >= 15 is 0 Å². The highest BCUT2D eigenvalue weighted by Gasteiger charge is 2.28. The van der Waals surface area contributed by atoms with E-state index in [1.165, 1.54) is 33.4 Å². The van der Waals surface area contributed by atoms with Crippen LogP contribution < -0.4 is 0 Å². The Balaban J connectivity index is 0.000000181. The van der Waals surface area contributed by atoms with E-state index in [1.54, 1.807) is 70.6 Å². The van der Waals surface area contributed by atoms with Gasteiger partial charge in [-0.2, -0.15) is 0 Å². The molecule has 9 aromatic rings. The van der Waals surface area contributed by atoms with Crippen molar-refractivity contribution in [1.29, 1.82) is 0 Å². The molecule has 0 aliphatic heterocycles. The Morgan fingerprint density at radius 2 is 0.524 bits per heavy atom. The molecule has 0 spiro atoms. The Labute approximate surface area is 557 Å². The summed E-state index contributed by atoms with van der Waals surface area (Å²) in [7, 11) is 0. The van der Waals surface area contributed by atoms with Crippen molar-refractivity contribution in [2.45, 2.75) is 73.0 Å². The largest absolute Gasteiger partial charge is 0.109 e. The Morgan fingerprint density at radius 3 is 0.774 bits per heavy atom. The van der Waals surface area contributed by atoms with Crippen LogP contribution in [0.2, 0.25) is 0 Å². The molecule has 9 aromatic carbocycles. The van der Waals surface area contributed by atoms with Crippen molar-refractivity contribution >= 4 is 169 Å². The maximum Gasteiger partial charge on any atom is 0.0786 e. The van der Waals surface area contributed by atoms with Crippen LogP contribution in [0.3, 0.4) is 0 Å². The summed E-state index contributed by atoms with van der Waals surface area (Å²) in [5.74, 6) is 1.78. The van der Waals surface area contributed by atoms with Crippen LogP contribution in [0.1, 0.15) is 119 Å². The smallest absolute Gasteiger partial charge is 0.0786 e. The van der Waals surface area contributed by atoms with Gasteiger partial charge in [-0.25, -0.2) is 0 Å². The fourth-order valence-electron chi connectivity index (χ4n) is 8.25. The second kappa shape index (κ2) is 34.2. The first-order valence-electron chi connectivity index (χ1n) is 27.3. The topological polar surface area (TPSA) is 0 Å². The standard InChI is InChI=1S/C26H26S4.C24H22S4.C22H18S4/c1-25(2,29-23(27)19-11-7-5-8-12-19)21-15-17-22(18-16-21)26(3,4)30-24(28)20-13-9-6-10-14-20;1-17(27-23(25)21-9-5-3-6-10-21)19-13-15-20(16-14-19)18(2)28-24(26)22-11-7-4-8-12-22;23-21(19-7-3-1-4-8-19)25-15-17-11-13-18(14-12-17)16-26-22(24)20-9-5-2-6-10-20/h5-18H,1-4H3;3-18H,1-2H3;1-14H,15-16H2. The minimum absolute atomic E-state index is 0.109. The second-order valence-corrected chi connectivity index (χ2v) is 32.2. The van der Waals surface area contributed by atoms with Gasteiger partial charge in [-0.15, -0.1) is 70.6 Å². The molecule has 9 rings (SSSR count). The number of hydrogen-bond acceptors (Lipinski definition) is 12. The Kier molecular flexibility index (Phi) is 27.4. The number of hydrogen-bond donors (Lipinski definition) is 0. The lowest BCUT2D eigenvalue weighted by Gasteiger charge is -2.28. The first-order valence-corrected chi connectivity index (χ1v) is 35.1. The SMILES string of the molecule is CC(C)(SC(=S)c1ccccc1)c1ccc(C(C)(C)SC(=S)c2ccccc2)cc1.CC(SC(=S)c1ccccc1)c1ccc(C(C)SC(=S)c2ccccc2)cc1.S=C(SCc1ccc(CSC(=S)c2ccccc2)cc1)c1ccccc1. The van der Waals surface area contributed by atoms with Gasteiger partial charge in [0.05, 0.1) is 25.2 Å². The summed E-state index contributed by atoms with van der Waals surface area (Å²) in [5.41, 5.74) is 14.4. The van der Waals surface area contributed by atoms with E-state index in [0.717, 1.165) is 70.1 Å². The van der Waals surface area contributed by atoms with Crippen molar-refractivity contribution in [3.63, 3.8) is 0 Å². The summed E-state index contributed by atoms with van der Waals surface area (Å²) in [6, 6.07) is 87.7. The van der Waals surface area contributed by atoms with Crippen molar-refractivity contribution in [3.8, 4) is 0 Å². The molecule has 0 aliphatic carbocycles. The summed E-state index contributed by atoms with van der Waals surface area (Å²) in [6.45, 7) is 13.3. The zero-order valence-electron chi connectivity index (χ0n) is 47.7. The number of thiocarbonyl (C=S) groups is 6. The molecular weight excluding hydrogens is 1250 g/mol. The van der Waals surface area contributed by atoms with Crippen molar-refractivity contribution in [3.05, 3.63) is 322 Å². The van der Waals surface area contributed by atoms with Crippen LogP contribution in [-0.4, -0.2) is 25.2 Å². The van der Waals surface area contributed by atoms with Gasteiger partial charge < -0.3 is 0 Å². The molecule has 0 radical (unpaired) electrons. The molecular formula is C72H66S12. The van der Waals surface area contributed by atoms with Gasteiger partial charge >= 0.3 is 0 Å². The second-order valence-electron chi connectivity index (χ2n) is 20.3. The van der Waals surface area contributed by atoms with E-state index < -0.39 is 0 Å². The highest BCUT2D eigenvalue weighted by Crippen LogP contribution is 2.42. The lowest BCUT2D eigenvalue weighted by molar-refractivity contribution is 0.769. The van der Waals surface area contributed by atoms with Gasteiger partial charge in [0.2, 0.25) is 0 Å². The molecule has 0 N–H and O–H groups in total. The zero-order chi connectivity index (χ0) is 59.9. The van der Waals surface area contributed by atoms with Gasteiger partial charge in [-0.05, 0) is 108 Å². The van der Waals surface area contributed by atoms with Crippen molar-refractivity contribution < 1.29 is 0 Å². The molecule has 0 amide bonds. The summed E-state index contributed by atoms with van der Waals surface area (Å²) < 4.78 is 5.40. The monoisotopic (exact) mass is 1310 g/mol. The van der Waals surface area contributed by atoms with Crippen LogP contribution in [0.25, 0.3) is 0 Å². The summed E-state index contributed by atoms with van der Waals surface area (Å²) in [6.07, 6.45) is 0. The summed E-state index contributed by atoms with van der Waals surface area (Å²) in [4.78, 5) is 0. The average molecular weight is 1320 g/mol. The molecule has 0 saturated heterocycles. The lowest BCUT2D eigenvalue weighted by Crippen LogP contribution is -2.17. The van der Waals surface area contributed by atoms with Crippen molar-refractivity contribution in [1.82, 2.24) is 0 Å². The average Bonchev–Trinajstić information content (AvgIpc) is 3.54. The zero-order valence-corrected chi connectivity index (χ0v) is 57.5. The minimum Gasteiger partial charge on any atom is -0.109 e. The molecule has 84 heavy (non-hydrogen) atoms. The van der Waals surface area contributed by atoms with Gasteiger partial charge in [0.1, 0.15) is 0 Å². The first kappa shape index (κ1) is 67.1.